The molecule has 1 heterocycles. The van der Waals surface area contributed by atoms with E-state index in [1.807, 2.05) is 12.1 Å². The molecule has 0 radical (unpaired) electrons. The smallest absolute Gasteiger partial charge is 0.0810 e. The van der Waals surface area contributed by atoms with E-state index < -0.39 is 0 Å². The predicted octanol–water partition coefficient (Wildman–Crippen LogP) is 1.63. The van der Waals surface area contributed by atoms with Gasteiger partial charge in [-0.25, -0.2) is 0 Å². The number of methoxy groups -OCH3 is 1. The SMILES string of the molecule is COCCCOCCOCc1ccc(C#CCN)s1. The van der Waals surface area contributed by atoms with Crippen molar-refractivity contribution < 1.29 is 14.2 Å². The Hall–Kier alpha value is -0.900. The van der Waals surface area contributed by atoms with Crippen molar-refractivity contribution in [2.45, 2.75) is 13.0 Å². The predicted molar refractivity (Wildman–Crippen MR) is 77.2 cm³/mol. The van der Waals surface area contributed by atoms with Crippen LogP contribution in [-0.2, 0) is 20.8 Å². The molecule has 0 fully saturated rings. The monoisotopic (exact) mass is 283 g/mol. The first-order chi connectivity index (χ1) is 9.36. The summed E-state index contributed by atoms with van der Waals surface area (Å²) in [5, 5.41) is 0. The van der Waals surface area contributed by atoms with Gasteiger partial charge in [0.1, 0.15) is 0 Å². The van der Waals surface area contributed by atoms with E-state index in [2.05, 4.69) is 11.8 Å². The molecule has 4 nitrogen and oxygen atoms in total. The standard InChI is InChI=1S/C14H21NO3S/c1-16-8-3-9-17-10-11-18-12-14-6-5-13(19-14)4-2-7-15/h5-6H,3,7-12,15H2,1H3. The van der Waals surface area contributed by atoms with Crippen molar-refractivity contribution in [2.24, 2.45) is 5.73 Å². The maximum atomic E-state index is 5.53. The molecule has 0 spiro atoms. The lowest BCUT2D eigenvalue weighted by Gasteiger charge is -2.04. The Balaban J connectivity index is 2.04. The Labute approximate surface area is 118 Å². The molecular formula is C14H21NO3S. The fourth-order valence-corrected chi connectivity index (χ4v) is 2.18. The Morgan fingerprint density at radius 2 is 2.00 bits per heavy atom. The second-order valence-corrected chi connectivity index (χ2v) is 4.95. The second-order valence-electron chi connectivity index (χ2n) is 3.78. The molecular weight excluding hydrogens is 262 g/mol. The number of thiophene rings is 1. The maximum absolute atomic E-state index is 5.53. The highest BCUT2D eigenvalue weighted by molar-refractivity contribution is 7.12. The van der Waals surface area contributed by atoms with Gasteiger partial charge in [-0.3, -0.25) is 0 Å². The number of hydrogen-bond donors (Lipinski definition) is 1. The first kappa shape index (κ1) is 16.2. The Bertz CT molecular complexity index is 395. The third-order valence-corrected chi connectivity index (χ3v) is 3.20. The van der Waals surface area contributed by atoms with Crippen molar-refractivity contribution in [3.8, 4) is 11.8 Å². The summed E-state index contributed by atoms with van der Waals surface area (Å²) >= 11 is 1.64. The Morgan fingerprint density at radius 1 is 1.16 bits per heavy atom. The molecule has 1 aromatic rings. The van der Waals surface area contributed by atoms with Gasteiger partial charge in [-0.15, -0.1) is 11.3 Å². The van der Waals surface area contributed by atoms with Crippen LogP contribution in [0.5, 0.6) is 0 Å². The van der Waals surface area contributed by atoms with E-state index >= 15 is 0 Å². The fourth-order valence-electron chi connectivity index (χ4n) is 1.36. The van der Waals surface area contributed by atoms with Crippen LogP contribution in [0.25, 0.3) is 0 Å². The van der Waals surface area contributed by atoms with Crippen molar-refractivity contribution in [3.05, 3.63) is 21.9 Å². The van der Waals surface area contributed by atoms with Crippen molar-refractivity contribution >= 4 is 11.3 Å². The second kappa shape index (κ2) is 11.0. The molecule has 0 aliphatic heterocycles. The molecule has 19 heavy (non-hydrogen) atoms. The zero-order chi connectivity index (χ0) is 13.8. The molecule has 0 saturated heterocycles. The van der Waals surface area contributed by atoms with E-state index in [1.165, 1.54) is 4.88 Å². The van der Waals surface area contributed by atoms with Crippen LogP contribution in [-0.4, -0.2) is 40.1 Å². The Morgan fingerprint density at radius 3 is 2.79 bits per heavy atom. The van der Waals surface area contributed by atoms with Gasteiger partial charge in [-0.1, -0.05) is 11.8 Å². The molecule has 1 rings (SSSR count). The minimum Gasteiger partial charge on any atom is -0.385 e. The van der Waals surface area contributed by atoms with Gasteiger partial charge in [-0.05, 0) is 18.6 Å². The van der Waals surface area contributed by atoms with Crippen molar-refractivity contribution in [2.75, 3.05) is 40.1 Å². The average molecular weight is 283 g/mol. The van der Waals surface area contributed by atoms with E-state index in [4.69, 9.17) is 19.9 Å². The van der Waals surface area contributed by atoms with Crippen LogP contribution in [0.1, 0.15) is 16.2 Å². The number of nitrogens with two attached hydrogens (primary N) is 1. The number of ether oxygens (including phenoxy) is 3. The lowest BCUT2D eigenvalue weighted by molar-refractivity contribution is 0.0344. The Kier molecular flexibility index (Phi) is 9.33. The average Bonchev–Trinajstić information content (AvgIpc) is 2.87. The van der Waals surface area contributed by atoms with Crippen molar-refractivity contribution in [1.82, 2.24) is 0 Å². The van der Waals surface area contributed by atoms with Gasteiger partial charge in [0.05, 0.1) is 31.2 Å². The van der Waals surface area contributed by atoms with Gasteiger partial charge in [0, 0.05) is 25.2 Å². The minimum absolute atomic E-state index is 0.393. The highest BCUT2D eigenvalue weighted by atomic mass is 32.1. The third kappa shape index (κ3) is 7.98. The third-order valence-electron chi connectivity index (χ3n) is 2.23. The molecule has 0 saturated carbocycles. The van der Waals surface area contributed by atoms with Crippen LogP contribution < -0.4 is 5.73 Å². The molecule has 0 bridgehead atoms. The summed E-state index contributed by atoms with van der Waals surface area (Å²) in [6.07, 6.45) is 0.921. The summed E-state index contributed by atoms with van der Waals surface area (Å²) in [7, 11) is 1.69. The summed E-state index contributed by atoms with van der Waals surface area (Å²) in [5.41, 5.74) is 5.32. The molecule has 0 aromatic carbocycles. The van der Waals surface area contributed by atoms with Crippen LogP contribution in [0.3, 0.4) is 0 Å². The van der Waals surface area contributed by atoms with Crippen LogP contribution >= 0.6 is 11.3 Å². The fraction of sp³-hybridized carbons (Fsp3) is 0.571. The van der Waals surface area contributed by atoms with Crippen LogP contribution in [0.15, 0.2) is 12.1 Å². The van der Waals surface area contributed by atoms with Crippen LogP contribution in [0, 0.1) is 11.8 Å². The van der Waals surface area contributed by atoms with Gasteiger partial charge >= 0.3 is 0 Å². The summed E-state index contributed by atoms with van der Waals surface area (Å²) < 4.78 is 15.8. The normalized spacial score (nSPS) is 10.2. The summed E-state index contributed by atoms with van der Waals surface area (Å²) in [6, 6.07) is 4.03. The van der Waals surface area contributed by atoms with E-state index in [0.29, 0.717) is 26.4 Å². The first-order valence-electron chi connectivity index (χ1n) is 6.29. The molecule has 0 aliphatic rings. The molecule has 2 N–H and O–H groups in total. The zero-order valence-electron chi connectivity index (χ0n) is 11.3. The minimum atomic E-state index is 0.393. The topological polar surface area (TPSA) is 53.7 Å². The van der Waals surface area contributed by atoms with Crippen molar-refractivity contribution in [3.63, 3.8) is 0 Å². The van der Waals surface area contributed by atoms with Gasteiger partial charge in [0.15, 0.2) is 0 Å². The van der Waals surface area contributed by atoms with Crippen LogP contribution in [0.2, 0.25) is 0 Å². The molecule has 0 amide bonds. The lowest BCUT2D eigenvalue weighted by Crippen LogP contribution is -2.06. The summed E-state index contributed by atoms with van der Waals surface area (Å²) in [5.74, 6) is 5.84. The maximum Gasteiger partial charge on any atom is 0.0810 e. The van der Waals surface area contributed by atoms with Crippen molar-refractivity contribution in [1.29, 1.82) is 0 Å². The van der Waals surface area contributed by atoms with E-state index in [0.717, 1.165) is 24.5 Å². The zero-order valence-corrected chi connectivity index (χ0v) is 12.1. The summed E-state index contributed by atoms with van der Waals surface area (Å²) in [6.45, 7) is 3.68. The largest absolute Gasteiger partial charge is 0.385 e. The highest BCUT2D eigenvalue weighted by Crippen LogP contribution is 2.16. The highest BCUT2D eigenvalue weighted by Gasteiger charge is 1.98. The van der Waals surface area contributed by atoms with E-state index in [9.17, 15) is 0 Å². The van der Waals surface area contributed by atoms with Gasteiger partial charge in [0.2, 0.25) is 0 Å². The van der Waals surface area contributed by atoms with Gasteiger partial charge in [-0.2, -0.15) is 0 Å². The van der Waals surface area contributed by atoms with Gasteiger partial charge < -0.3 is 19.9 Å². The van der Waals surface area contributed by atoms with E-state index in [-0.39, 0.29) is 0 Å². The summed E-state index contributed by atoms with van der Waals surface area (Å²) in [4.78, 5) is 2.19. The molecule has 0 unspecified atom stereocenters. The molecule has 0 aliphatic carbocycles. The lowest BCUT2D eigenvalue weighted by atomic mass is 10.4. The first-order valence-corrected chi connectivity index (χ1v) is 7.10. The van der Waals surface area contributed by atoms with E-state index in [1.54, 1.807) is 18.4 Å². The van der Waals surface area contributed by atoms with Crippen LogP contribution in [0.4, 0.5) is 0 Å². The molecule has 1 aromatic heterocycles. The quantitative estimate of drug-likeness (QED) is 0.553. The molecule has 106 valence electrons. The number of rotatable bonds is 9. The molecule has 0 atom stereocenters. The van der Waals surface area contributed by atoms with Gasteiger partial charge in [0.25, 0.3) is 0 Å². The number of hydrogen-bond acceptors (Lipinski definition) is 5. The molecule has 5 heteroatoms.